The van der Waals surface area contributed by atoms with Crippen LogP contribution in [0.3, 0.4) is 0 Å². The van der Waals surface area contributed by atoms with Crippen LogP contribution in [0, 0.1) is 13.8 Å². The second-order valence-electron chi connectivity index (χ2n) is 5.86. The Labute approximate surface area is 129 Å². The molecule has 2 aromatic carbocycles. The lowest BCUT2D eigenvalue weighted by molar-refractivity contribution is 0.518. The van der Waals surface area contributed by atoms with Crippen molar-refractivity contribution in [3.63, 3.8) is 0 Å². The molecule has 1 nitrogen and oxygen atoms in total. The van der Waals surface area contributed by atoms with Gasteiger partial charge in [0.25, 0.3) is 0 Å². The maximum atomic E-state index is 3.61. The molecule has 0 fully saturated rings. The van der Waals surface area contributed by atoms with Crippen LogP contribution in [0.2, 0.25) is 0 Å². The third kappa shape index (κ3) is 3.95. The quantitative estimate of drug-likeness (QED) is 0.745. The Balaban J connectivity index is 2.21. The van der Waals surface area contributed by atoms with E-state index in [0.29, 0.717) is 6.04 Å². The highest BCUT2D eigenvalue weighted by Crippen LogP contribution is 2.26. The third-order valence-electron chi connectivity index (χ3n) is 4.05. The van der Waals surface area contributed by atoms with Crippen LogP contribution in [0.4, 0.5) is 0 Å². The summed E-state index contributed by atoms with van der Waals surface area (Å²) in [6.45, 7) is 9.87. The van der Waals surface area contributed by atoms with E-state index in [-0.39, 0.29) is 0 Å². The van der Waals surface area contributed by atoms with E-state index in [0.717, 1.165) is 13.0 Å². The van der Waals surface area contributed by atoms with Gasteiger partial charge in [0.1, 0.15) is 0 Å². The Bertz CT molecular complexity index is 569. The number of aryl methyl sites for hydroxylation is 2. The van der Waals surface area contributed by atoms with Gasteiger partial charge in [-0.05, 0) is 55.5 Å². The van der Waals surface area contributed by atoms with Crippen molar-refractivity contribution in [2.45, 2.75) is 46.6 Å². The molecule has 1 N–H and O–H groups in total. The van der Waals surface area contributed by atoms with E-state index in [9.17, 15) is 0 Å². The minimum atomic E-state index is 0.470. The largest absolute Gasteiger partial charge is 0.310 e. The molecule has 0 saturated carbocycles. The molecule has 0 aliphatic carbocycles. The van der Waals surface area contributed by atoms with E-state index in [4.69, 9.17) is 0 Å². The van der Waals surface area contributed by atoms with Crippen molar-refractivity contribution in [3.8, 4) is 11.1 Å². The lowest BCUT2D eigenvalue weighted by atomic mass is 9.96. The highest BCUT2D eigenvalue weighted by atomic mass is 14.9. The zero-order chi connectivity index (χ0) is 15.2. The molecule has 1 heteroatoms. The standard InChI is InChI=1S/C20H27N/c1-5-13-21-20(6-2)18-10-8-17(9-11-18)19-12-7-15(3)14-16(19)4/h7-12,14,20-21H,5-6,13H2,1-4H3. The number of hydrogen-bond donors (Lipinski definition) is 1. The van der Waals surface area contributed by atoms with Crippen LogP contribution >= 0.6 is 0 Å². The fourth-order valence-electron chi connectivity index (χ4n) is 2.85. The Morgan fingerprint density at radius 3 is 2.24 bits per heavy atom. The van der Waals surface area contributed by atoms with Gasteiger partial charge in [-0.1, -0.05) is 61.9 Å². The fourth-order valence-corrected chi connectivity index (χ4v) is 2.85. The first-order chi connectivity index (χ1) is 10.2. The predicted octanol–water partition coefficient (Wildman–Crippen LogP) is 5.42. The molecule has 0 heterocycles. The molecule has 2 rings (SSSR count). The van der Waals surface area contributed by atoms with Crippen LogP contribution in [0.1, 0.15) is 49.4 Å². The van der Waals surface area contributed by atoms with Gasteiger partial charge in [0.2, 0.25) is 0 Å². The Hall–Kier alpha value is -1.60. The zero-order valence-corrected chi connectivity index (χ0v) is 13.7. The number of benzene rings is 2. The van der Waals surface area contributed by atoms with E-state index in [2.05, 4.69) is 75.5 Å². The zero-order valence-electron chi connectivity index (χ0n) is 13.7. The van der Waals surface area contributed by atoms with Gasteiger partial charge in [-0.3, -0.25) is 0 Å². The molecule has 0 amide bonds. The second kappa shape index (κ2) is 7.42. The van der Waals surface area contributed by atoms with Gasteiger partial charge in [-0.15, -0.1) is 0 Å². The summed E-state index contributed by atoms with van der Waals surface area (Å²) in [5.41, 5.74) is 6.70. The molecule has 0 spiro atoms. The maximum Gasteiger partial charge on any atom is 0.0317 e. The van der Waals surface area contributed by atoms with Gasteiger partial charge in [-0.2, -0.15) is 0 Å². The summed E-state index contributed by atoms with van der Waals surface area (Å²) in [4.78, 5) is 0. The molecule has 0 aromatic heterocycles. The van der Waals surface area contributed by atoms with Crippen molar-refractivity contribution in [2.75, 3.05) is 6.54 Å². The summed E-state index contributed by atoms with van der Waals surface area (Å²) in [6, 6.07) is 16.2. The van der Waals surface area contributed by atoms with Gasteiger partial charge in [-0.25, -0.2) is 0 Å². The molecule has 0 saturated heterocycles. The van der Waals surface area contributed by atoms with E-state index < -0.39 is 0 Å². The van der Waals surface area contributed by atoms with E-state index in [1.807, 2.05) is 0 Å². The van der Waals surface area contributed by atoms with Gasteiger partial charge in [0.05, 0.1) is 0 Å². The Morgan fingerprint density at radius 2 is 1.67 bits per heavy atom. The van der Waals surface area contributed by atoms with Crippen molar-refractivity contribution in [2.24, 2.45) is 0 Å². The predicted molar refractivity (Wildman–Crippen MR) is 92.7 cm³/mol. The minimum absolute atomic E-state index is 0.470. The first kappa shape index (κ1) is 15.8. The van der Waals surface area contributed by atoms with E-state index in [1.165, 1.54) is 34.2 Å². The van der Waals surface area contributed by atoms with E-state index in [1.54, 1.807) is 0 Å². The average Bonchev–Trinajstić information content (AvgIpc) is 2.49. The minimum Gasteiger partial charge on any atom is -0.310 e. The van der Waals surface area contributed by atoms with Crippen LogP contribution in [0.25, 0.3) is 11.1 Å². The summed E-state index contributed by atoms with van der Waals surface area (Å²) >= 11 is 0. The topological polar surface area (TPSA) is 12.0 Å². The first-order valence-corrected chi connectivity index (χ1v) is 8.06. The summed E-state index contributed by atoms with van der Waals surface area (Å²) in [5, 5.41) is 3.61. The van der Waals surface area contributed by atoms with Crippen LogP contribution < -0.4 is 5.32 Å². The number of nitrogens with one attached hydrogen (secondary N) is 1. The molecule has 0 radical (unpaired) electrons. The van der Waals surface area contributed by atoms with Crippen LogP contribution in [-0.2, 0) is 0 Å². The molecule has 112 valence electrons. The van der Waals surface area contributed by atoms with Crippen molar-refractivity contribution in [3.05, 3.63) is 59.2 Å². The van der Waals surface area contributed by atoms with Crippen LogP contribution in [-0.4, -0.2) is 6.54 Å². The Morgan fingerprint density at radius 1 is 0.952 bits per heavy atom. The highest BCUT2D eigenvalue weighted by Gasteiger charge is 2.08. The summed E-state index contributed by atoms with van der Waals surface area (Å²) < 4.78 is 0. The molecule has 21 heavy (non-hydrogen) atoms. The molecule has 1 atom stereocenters. The molecule has 0 bridgehead atoms. The molecule has 1 unspecified atom stereocenters. The highest BCUT2D eigenvalue weighted by molar-refractivity contribution is 5.67. The molecular formula is C20H27N. The van der Waals surface area contributed by atoms with Crippen LogP contribution in [0.15, 0.2) is 42.5 Å². The molecule has 0 aliphatic heterocycles. The van der Waals surface area contributed by atoms with Gasteiger partial charge >= 0.3 is 0 Å². The average molecular weight is 281 g/mol. The molecule has 0 aliphatic rings. The van der Waals surface area contributed by atoms with Crippen molar-refractivity contribution >= 4 is 0 Å². The van der Waals surface area contributed by atoms with Gasteiger partial charge in [0, 0.05) is 6.04 Å². The SMILES string of the molecule is CCCNC(CC)c1ccc(-c2ccc(C)cc2C)cc1. The normalized spacial score (nSPS) is 12.4. The summed E-state index contributed by atoms with van der Waals surface area (Å²) in [5.74, 6) is 0. The fraction of sp³-hybridized carbons (Fsp3) is 0.400. The Kier molecular flexibility index (Phi) is 5.58. The summed E-state index contributed by atoms with van der Waals surface area (Å²) in [6.07, 6.45) is 2.31. The maximum absolute atomic E-state index is 3.61. The van der Waals surface area contributed by atoms with E-state index >= 15 is 0 Å². The smallest absolute Gasteiger partial charge is 0.0317 e. The number of rotatable bonds is 6. The van der Waals surface area contributed by atoms with Gasteiger partial charge < -0.3 is 5.32 Å². The summed E-state index contributed by atoms with van der Waals surface area (Å²) in [7, 11) is 0. The molecule has 2 aromatic rings. The van der Waals surface area contributed by atoms with Crippen LogP contribution in [0.5, 0.6) is 0 Å². The second-order valence-corrected chi connectivity index (χ2v) is 5.86. The third-order valence-corrected chi connectivity index (χ3v) is 4.05. The molecular weight excluding hydrogens is 254 g/mol. The lowest BCUT2D eigenvalue weighted by Gasteiger charge is -2.17. The lowest BCUT2D eigenvalue weighted by Crippen LogP contribution is -2.21. The van der Waals surface area contributed by atoms with Crippen molar-refractivity contribution in [1.82, 2.24) is 5.32 Å². The first-order valence-electron chi connectivity index (χ1n) is 8.06. The monoisotopic (exact) mass is 281 g/mol. The van der Waals surface area contributed by atoms with Crippen molar-refractivity contribution < 1.29 is 0 Å². The van der Waals surface area contributed by atoms with Crippen molar-refractivity contribution in [1.29, 1.82) is 0 Å². The number of hydrogen-bond acceptors (Lipinski definition) is 1. The van der Waals surface area contributed by atoms with Gasteiger partial charge in [0.15, 0.2) is 0 Å².